The molecule has 3 nitrogen and oxygen atoms in total. The fourth-order valence-corrected chi connectivity index (χ4v) is 1.71. The minimum absolute atomic E-state index is 0.101. The van der Waals surface area contributed by atoms with E-state index in [-0.39, 0.29) is 12.0 Å². The third-order valence-corrected chi connectivity index (χ3v) is 2.65. The molecule has 1 N–H and O–H groups in total. The molecule has 2 unspecified atom stereocenters. The van der Waals surface area contributed by atoms with E-state index in [4.69, 9.17) is 4.74 Å². The van der Waals surface area contributed by atoms with Gasteiger partial charge >= 0.3 is 5.97 Å². The van der Waals surface area contributed by atoms with Crippen molar-refractivity contribution in [1.29, 1.82) is 0 Å². The monoisotopic (exact) mass is 199 g/mol. The van der Waals surface area contributed by atoms with E-state index in [2.05, 4.69) is 12.2 Å². The first-order chi connectivity index (χ1) is 6.63. The van der Waals surface area contributed by atoms with Crippen molar-refractivity contribution in [3.63, 3.8) is 0 Å². The Morgan fingerprint density at radius 2 is 2.14 bits per heavy atom. The summed E-state index contributed by atoms with van der Waals surface area (Å²) in [7, 11) is 0. The molecule has 1 aliphatic rings. The molecule has 3 heteroatoms. The summed E-state index contributed by atoms with van der Waals surface area (Å²) in [4.78, 5) is 11.2. The molecular formula is C11H21NO2. The predicted octanol–water partition coefficient (Wildman–Crippen LogP) is 1.72. The lowest BCUT2D eigenvalue weighted by molar-refractivity contribution is -0.143. The highest BCUT2D eigenvalue weighted by atomic mass is 16.5. The molecule has 0 heterocycles. The number of rotatable bonds is 6. The van der Waals surface area contributed by atoms with Crippen molar-refractivity contribution in [3.8, 4) is 0 Å². The summed E-state index contributed by atoms with van der Waals surface area (Å²) < 4.78 is 4.89. The van der Waals surface area contributed by atoms with E-state index in [1.54, 1.807) is 0 Å². The summed E-state index contributed by atoms with van der Waals surface area (Å²) in [6, 6.07) is 0.768. The standard InChI is InChI=1S/C11H21NO2/c1-4-14-11(13)7-8(2)12-9(3)10-5-6-10/h8-10,12H,4-7H2,1-3H3. The predicted molar refractivity (Wildman–Crippen MR) is 56.0 cm³/mol. The van der Waals surface area contributed by atoms with Gasteiger partial charge in [0.05, 0.1) is 13.0 Å². The first-order valence-electron chi connectivity index (χ1n) is 5.55. The van der Waals surface area contributed by atoms with Crippen LogP contribution in [0.25, 0.3) is 0 Å². The SMILES string of the molecule is CCOC(=O)CC(C)NC(C)C1CC1. The second kappa shape index (κ2) is 5.35. The van der Waals surface area contributed by atoms with Crippen LogP contribution < -0.4 is 5.32 Å². The minimum Gasteiger partial charge on any atom is -0.466 e. The lowest BCUT2D eigenvalue weighted by Gasteiger charge is -2.18. The maximum absolute atomic E-state index is 11.2. The highest BCUT2D eigenvalue weighted by molar-refractivity contribution is 5.70. The first-order valence-corrected chi connectivity index (χ1v) is 5.55. The topological polar surface area (TPSA) is 38.3 Å². The highest BCUT2D eigenvalue weighted by Crippen LogP contribution is 2.32. The van der Waals surface area contributed by atoms with E-state index in [1.165, 1.54) is 12.8 Å². The molecule has 0 aromatic carbocycles. The van der Waals surface area contributed by atoms with Gasteiger partial charge in [0.1, 0.15) is 0 Å². The first kappa shape index (κ1) is 11.5. The van der Waals surface area contributed by atoms with Crippen LogP contribution >= 0.6 is 0 Å². The molecule has 0 aromatic heterocycles. The third-order valence-electron chi connectivity index (χ3n) is 2.65. The molecule has 2 atom stereocenters. The van der Waals surface area contributed by atoms with E-state index in [9.17, 15) is 4.79 Å². The van der Waals surface area contributed by atoms with E-state index < -0.39 is 0 Å². The van der Waals surface area contributed by atoms with Gasteiger partial charge in [0.25, 0.3) is 0 Å². The number of carbonyl (C=O) groups excluding carboxylic acids is 1. The number of hydrogen-bond donors (Lipinski definition) is 1. The summed E-state index contributed by atoms with van der Waals surface area (Å²) in [6.45, 7) is 6.54. The average Bonchev–Trinajstić information content (AvgIpc) is 2.85. The number of nitrogens with one attached hydrogen (secondary N) is 1. The molecule has 0 saturated heterocycles. The van der Waals surface area contributed by atoms with Crippen molar-refractivity contribution in [2.75, 3.05) is 6.61 Å². The van der Waals surface area contributed by atoms with Gasteiger partial charge in [-0.25, -0.2) is 0 Å². The molecule has 0 aliphatic heterocycles. The summed E-state index contributed by atoms with van der Waals surface area (Å²) in [5.74, 6) is 0.732. The molecule has 82 valence electrons. The van der Waals surface area contributed by atoms with Gasteiger partial charge in [0.2, 0.25) is 0 Å². The van der Waals surface area contributed by atoms with Gasteiger partial charge in [-0.05, 0) is 39.5 Å². The van der Waals surface area contributed by atoms with Crippen LogP contribution in [0.4, 0.5) is 0 Å². The maximum atomic E-state index is 11.2. The van der Waals surface area contributed by atoms with Crippen molar-refractivity contribution in [3.05, 3.63) is 0 Å². The van der Waals surface area contributed by atoms with Crippen molar-refractivity contribution in [2.24, 2.45) is 5.92 Å². The van der Waals surface area contributed by atoms with E-state index in [0.29, 0.717) is 19.1 Å². The number of esters is 1. The van der Waals surface area contributed by atoms with Crippen molar-refractivity contribution < 1.29 is 9.53 Å². The van der Waals surface area contributed by atoms with Gasteiger partial charge in [-0.3, -0.25) is 4.79 Å². The van der Waals surface area contributed by atoms with Crippen LogP contribution in [0.1, 0.15) is 40.0 Å². The fraction of sp³-hybridized carbons (Fsp3) is 0.909. The van der Waals surface area contributed by atoms with Crippen LogP contribution in [0.15, 0.2) is 0 Å². The average molecular weight is 199 g/mol. The Morgan fingerprint density at radius 3 is 2.64 bits per heavy atom. The lowest BCUT2D eigenvalue weighted by atomic mass is 10.1. The molecule has 0 aromatic rings. The van der Waals surface area contributed by atoms with Gasteiger partial charge in [-0.1, -0.05) is 0 Å². The molecule has 0 amide bonds. The second-order valence-corrected chi connectivity index (χ2v) is 4.20. The van der Waals surface area contributed by atoms with Crippen LogP contribution in [0.3, 0.4) is 0 Å². The van der Waals surface area contributed by atoms with Crippen LogP contribution in [0.5, 0.6) is 0 Å². The number of ether oxygens (including phenoxy) is 1. The Bertz CT molecular complexity index is 190. The zero-order valence-electron chi connectivity index (χ0n) is 9.38. The quantitative estimate of drug-likeness (QED) is 0.662. The molecule has 1 rings (SSSR count). The van der Waals surface area contributed by atoms with Gasteiger partial charge in [-0.15, -0.1) is 0 Å². The Balaban J connectivity index is 2.13. The third kappa shape index (κ3) is 4.09. The summed E-state index contributed by atoms with van der Waals surface area (Å²) in [5, 5.41) is 3.43. The van der Waals surface area contributed by atoms with Gasteiger partial charge in [0.15, 0.2) is 0 Å². The van der Waals surface area contributed by atoms with Crippen LogP contribution in [0, 0.1) is 5.92 Å². The van der Waals surface area contributed by atoms with Crippen LogP contribution in [-0.2, 0) is 9.53 Å². The Hall–Kier alpha value is -0.570. The van der Waals surface area contributed by atoms with Gasteiger partial charge < -0.3 is 10.1 Å². The number of carbonyl (C=O) groups is 1. The van der Waals surface area contributed by atoms with Crippen LogP contribution in [0.2, 0.25) is 0 Å². The molecule has 1 aliphatic carbocycles. The van der Waals surface area contributed by atoms with Gasteiger partial charge in [-0.2, -0.15) is 0 Å². The van der Waals surface area contributed by atoms with E-state index in [0.717, 1.165) is 5.92 Å². The molecule has 0 spiro atoms. The molecule has 1 saturated carbocycles. The second-order valence-electron chi connectivity index (χ2n) is 4.20. The zero-order valence-corrected chi connectivity index (χ0v) is 9.38. The zero-order chi connectivity index (χ0) is 10.6. The lowest BCUT2D eigenvalue weighted by Crippen LogP contribution is -2.37. The Morgan fingerprint density at radius 1 is 1.50 bits per heavy atom. The van der Waals surface area contributed by atoms with Gasteiger partial charge in [0, 0.05) is 12.1 Å². The van der Waals surface area contributed by atoms with Crippen molar-refractivity contribution in [1.82, 2.24) is 5.32 Å². The van der Waals surface area contributed by atoms with Crippen LogP contribution in [-0.4, -0.2) is 24.7 Å². The molecule has 0 bridgehead atoms. The van der Waals surface area contributed by atoms with E-state index >= 15 is 0 Å². The minimum atomic E-state index is -0.101. The van der Waals surface area contributed by atoms with Crippen molar-refractivity contribution >= 4 is 5.97 Å². The Labute approximate surface area is 86.2 Å². The Kier molecular flexibility index (Phi) is 4.39. The molecule has 14 heavy (non-hydrogen) atoms. The summed E-state index contributed by atoms with van der Waals surface area (Å²) >= 11 is 0. The van der Waals surface area contributed by atoms with E-state index in [1.807, 2.05) is 13.8 Å². The van der Waals surface area contributed by atoms with Crippen molar-refractivity contribution in [2.45, 2.75) is 52.1 Å². The molecule has 0 radical (unpaired) electrons. The summed E-state index contributed by atoms with van der Waals surface area (Å²) in [6.07, 6.45) is 3.14. The molecule has 1 fully saturated rings. The smallest absolute Gasteiger partial charge is 0.307 e. The maximum Gasteiger partial charge on any atom is 0.307 e. The number of hydrogen-bond acceptors (Lipinski definition) is 3. The largest absolute Gasteiger partial charge is 0.466 e. The fourth-order valence-electron chi connectivity index (χ4n) is 1.71. The molecular weight excluding hydrogens is 178 g/mol. The normalized spacial score (nSPS) is 20.2. The highest BCUT2D eigenvalue weighted by Gasteiger charge is 2.28. The summed E-state index contributed by atoms with van der Waals surface area (Å²) in [5.41, 5.74) is 0.